The lowest BCUT2D eigenvalue weighted by atomic mass is 9.99. The second-order valence-corrected chi connectivity index (χ2v) is 12.3. The molecule has 0 fully saturated rings. The molecule has 234 valence electrons. The standard InChI is InChI=1S/C38H60N2O2/c1-5-7-9-11-13-15-17-19-21-23-37(41)39-35-27-25-33(29-31(35)3)34-26-28-36(32(4)30-34)40-38(42)24-22-20-18-16-14-12-10-8-6-2/h25-30H,5-24H2,1-4H3,(H,39,41)(H,40,42). The molecule has 0 aliphatic carbocycles. The lowest BCUT2D eigenvalue weighted by molar-refractivity contribution is -0.117. The van der Waals surface area contributed by atoms with Gasteiger partial charge in [-0.1, -0.05) is 129 Å². The van der Waals surface area contributed by atoms with Gasteiger partial charge in [0.15, 0.2) is 0 Å². The maximum Gasteiger partial charge on any atom is 0.224 e. The van der Waals surface area contributed by atoms with Crippen molar-refractivity contribution in [2.24, 2.45) is 0 Å². The Hall–Kier alpha value is -2.62. The third-order valence-electron chi connectivity index (χ3n) is 8.35. The average Bonchev–Trinajstić information content (AvgIpc) is 2.97. The first kappa shape index (κ1) is 35.6. The second kappa shape index (κ2) is 22.0. The number of carbonyl (C=O) groups excluding carboxylic acids is 2. The van der Waals surface area contributed by atoms with Gasteiger partial charge in [-0.3, -0.25) is 9.59 Å². The highest BCUT2D eigenvalue weighted by Crippen LogP contribution is 2.28. The smallest absolute Gasteiger partial charge is 0.224 e. The van der Waals surface area contributed by atoms with Gasteiger partial charge in [-0.2, -0.15) is 0 Å². The molecule has 0 saturated carbocycles. The van der Waals surface area contributed by atoms with Crippen LogP contribution in [0.25, 0.3) is 11.1 Å². The maximum absolute atomic E-state index is 12.5. The summed E-state index contributed by atoms with van der Waals surface area (Å²) >= 11 is 0. The van der Waals surface area contributed by atoms with Crippen molar-refractivity contribution in [3.8, 4) is 11.1 Å². The Morgan fingerprint density at radius 2 is 0.786 bits per heavy atom. The summed E-state index contributed by atoms with van der Waals surface area (Å²) in [5.41, 5.74) is 6.11. The topological polar surface area (TPSA) is 58.2 Å². The number of carbonyl (C=O) groups is 2. The Balaban J connectivity index is 1.72. The number of benzene rings is 2. The second-order valence-electron chi connectivity index (χ2n) is 12.3. The van der Waals surface area contributed by atoms with E-state index >= 15 is 0 Å². The zero-order valence-corrected chi connectivity index (χ0v) is 27.4. The molecular weight excluding hydrogens is 516 g/mol. The van der Waals surface area contributed by atoms with Crippen LogP contribution in [-0.2, 0) is 9.59 Å². The van der Waals surface area contributed by atoms with Gasteiger partial charge in [0.05, 0.1) is 0 Å². The highest BCUT2D eigenvalue weighted by atomic mass is 16.2. The van der Waals surface area contributed by atoms with Crippen molar-refractivity contribution in [3.05, 3.63) is 47.5 Å². The summed E-state index contributed by atoms with van der Waals surface area (Å²) in [6.45, 7) is 8.60. The van der Waals surface area contributed by atoms with E-state index in [9.17, 15) is 9.59 Å². The van der Waals surface area contributed by atoms with Crippen molar-refractivity contribution >= 4 is 23.2 Å². The third kappa shape index (κ3) is 15.0. The number of hydrogen-bond donors (Lipinski definition) is 2. The summed E-state index contributed by atoms with van der Waals surface area (Å²) in [6.07, 6.45) is 23.8. The molecule has 0 aromatic heterocycles. The Kier molecular flexibility index (Phi) is 18.6. The van der Waals surface area contributed by atoms with E-state index in [-0.39, 0.29) is 11.8 Å². The summed E-state index contributed by atoms with van der Waals surface area (Å²) in [4.78, 5) is 25.0. The molecule has 0 aliphatic rings. The molecule has 0 saturated heterocycles. The predicted octanol–water partition coefficient (Wildman–Crippen LogP) is 11.7. The first-order valence-corrected chi connectivity index (χ1v) is 17.3. The van der Waals surface area contributed by atoms with E-state index < -0.39 is 0 Å². The number of nitrogens with one attached hydrogen (secondary N) is 2. The van der Waals surface area contributed by atoms with E-state index in [0.717, 1.165) is 59.3 Å². The Labute approximate surface area is 257 Å². The fourth-order valence-electron chi connectivity index (χ4n) is 5.58. The van der Waals surface area contributed by atoms with Crippen LogP contribution in [0.1, 0.15) is 153 Å². The molecule has 0 radical (unpaired) electrons. The van der Waals surface area contributed by atoms with Crippen LogP contribution in [0.2, 0.25) is 0 Å². The van der Waals surface area contributed by atoms with Crippen molar-refractivity contribution in [3.63, 3.8) is 0 Å². The van der Waals surface area contributed by atoms with Crippen LogP contribution in [0.4, 0.5) is 11.4 Å². The summed E-state index contributed by atoms with van der Waals surface area (Å²) in [5, 5.41) is 6.22. The Morgan fingerprint density at radius 3 is 1.10 bits per heavy atom. The minimum atomic E-state index is 0.104. The number of anilines is 2. The van der Waals surface area contributed by atoms with Gasteiger partial charge >= 0.3 is 0 Å². The number of rotatable bonds is 23. The molecule has 2 aromatic rings. The van der Waals surface area contributed by atoms with E-state index in [2.05, 4.69) is 48.7 Å². The number of hydrogen-bond acceptors (Lipinski definition) is 2. The van der Waals surface area contributed by atoms with Crippen molar-refractivity contribution < 1.29 is 9.59 Å². The lowest BCUT2D eigenvalue weighted by Gasteiger charge is -2.13. The van der Waals surface area contributed by atoms with E-state index in [1.165, 1.54) is 89.9 Å². The van der Waals surface area contributed by atoms with E-state index in [1.54, 1.807) is 0 Å². The van der Waals surface area contributed by atoms with E-state index in [4.69, 9.17) is 0 Å². The summed E-state index contributed by atoms with van der Waals surface area (Å²) in [5.74, 6) is 0.208. The van der Waals surface area contributed by atoms with Gasteiger partial charge in [-0.25, -0.2) is 0 Å². The average molecular weight is 577 g/mol. The number of unbranched alkanes of at least 4 members (excludes halogenated alkanes) is 16. The van der Waals surface area contributed by atoms with Gasteiger partial charge in [-0.15, -0.1) is 0 Å². The SMILES string of the molecule is CCCCCCCCCCCC(=O)Nc1ccc(-c2ccc(NC(=O)CCCCCCCCCCC)c(C)c2)cc1C. The minimum Gasteiger partial charge on any atom is -0.326 e. The first-order chi connectivity index (χ1) is 20.4. The van der Waals surface area contributed by atoms with E-state index in [1.807, 2.05) is 26.0 Å². The molecular formula is C38H60N2O2. The molecule has 0 heterocycles. The molecule has 42 heavy (non-hydrogen) atoms. The molecule has 2 amide bonds. The Bertz CT molecular complexity index is 962. The van der Waals surface area contributed by atoms with Gasteiger partial charge in [0, 0.05) is 24.2 Å². The van der Waals surface area contributed by atoms with Crippen LogP contribution in [-0.4, -0.2) is 11.8 Å². The highest BCUT2D eigenvalue weighted by molar-refractivity contribution is 5.93. The molecule has 0 atom stereocenters. The lowest BCUT2D eigenvalue weighted by Crippen LogP contribution is -2.12. The van der Waals surface area contributed by atoms with Crippen molar-refractivity contribution in [1.29, 1.82) is 0 Å². The van der Waals surface area contributed by atoms with Crippen LogP contribution in [0.5, 0.6) is 0 Å². The van der Waals surface area contributed by atoms with Crippen LogP contribution in [0.3, 0.4) is 0 Å². The molecule has 2 aromatic carbocycles. The quantitative estimate of drug-likeness (QED) is 0.129. The van der Waals surface area contributed by atoms with Crippen molar-refractivity contribution in [2.45, 2.75) is 156 Å². The maximum atomic E-state index is 12.5. The minimum absolute atomic E-state index is 0.104. The fraction of sp³-hybridized carbons (Fsp3) is 0.632. The summed E-state index contributed by atoms with van der Waals surface area (Å²) in [7, 11) is 0. The molecule has 4 nitrogen and oxygen atoms in total. The van der Waals surface area contributed by atoms with E-state index in [0.29, 0.717) is 12.8 Å². The van der Waals surface area contributed by atoms with Crippen LogP contribution in [0.15, 0.2) is 36.4 Å². The zero-order valence-electron chi connectivity index (χ0n) is 27.4. The zero-order chi connectivity index (χ0) is 30.4. The van der Waals surface area contributed by atoms with Crippen molar-refractivity contribution in [2.75, 3.05) is 10.6 Å². The summed E-state index contributed by atoms with van der Waals surface area (Å²) in [6, 6.07) is 12.4. The first-order valence-electron chi connectivity index (χ1n) is 17.3. The molecule has 4 heteroatoms. The molecule has 0 unspecified atom stereocenters. The number of aryl methyl sites for hydroxylation is 2. The number of amides is 2. The molecule has 0 aliphatic heterocycles. The van der Waals surface area contributed by atoms with Crippen LogP contribution >= 0.6 is 0 Å². The summed E-state index contributed by atoms with van der Waals surface area (Å²) < 4.78 is 0. The van der Waals surface area contributed by atoms with Crippen LogP contribution in [0, 0.1) is 13.8 Å². The Morgan fingerprint density at radius 1 is 0.476 bits per heavy atom. The van der Waals surface area contributed by atoms with Gasteiger partial charge in [0.25, 0.3) is 0 Å². The molecule has 0 bridgehead atoms. The van der Waals surface area contributed by atoms with Gasteiger partial charge in [0.2, 0.25) is 11.8 Å². The molecule has 2 rings (SSSR count). The van der Waals surface area contributed by atoms with Crippen LogP contribution < -0.4 is 10.6 Å². The highest BCUT2D eigenvalue weighted by Gasteiger charge is 2.09. The largest absolute Gasteiger partial charge is 0.326 e. The normalized spacial score (nSPS) is 11.0. The van der Waals surface area contributed by atoms with Gasteiger partial charge in [-0.05, 0) is 73.2 Å². The molecule has 0 spiro atoms. The van der Waals surface area contributed by atoms with Gasteiger partial charge < -0.3 is 10.6 Å². The van der Waals surface area contributed by atoms with Gasteiger partial charge in [0.1, 0.15) is 0 Å². The third-order valence-corrected chi connectivity index (χ3v) is 8.35. The molecule has 2 N–H and O–H groups in total. The fourth-order valence-corrected chi connectivity index (χ4v) is 5.58. The van der Waals surface area contributed by atoms with Crippen molar-refractivity contribution in [1.82, 2.24) is 0 Å². The monoisotopic (exact) mass is 576 g/mol. The predicted molar refractivity (Wildman–Crippen MR) is 182 cm³/mol.